The molecule has 0 fully saturated rings. The number of anilines is 3. The monoisotopic (exact) mass is 254 g/mol. The minimum Gasteiger partial charge on any atom is -0.495 e. The maximum absolute atomic E-state index is 8.86. The fourth-order valence-electron chi connectivity index (χ4n) is 1.66. The van der Waals surface area contributed by atoms with Crippen LogP contribution in [0.3, 0.4) is 0 Å². The van der Waals surface area contributed by atoms with E-state index in [1.54, 1.807) is 25.4 Å². The summed E-state index contributed by atoms with van der Waals surface area (Å²) in [6.07, 6.45) is 1.71. The first-order chi connectivity index (χ1) is 9.26. The lowest BCUT2D eigenvalue weighted by atomic mass is 10.2. The molecule has 96 valence electrons. The molecule has 0 unspecified atom stereocenters. The Morgan fingerprint density at radius 2 is 2.11 bits per heavy atom. The molecule has 0 atom stereocenters. The van der Waals surface area contributed by atoms with E-state index in [0.29, 0.717) is 11.3 Å². The SMILES string of the molecule is CNc1cc(Nc2ccc(C#N)cc2OC)ccn1. The van der Waals surface area contributed by atoms with E-state index >= 15 is 0 Å². The lowest BCUT2D eigenvalue weighted by molar-refractivity contribution is 0.416. The molecule has 1 heterocycles. The Kier molecular flexibility index (Phi) is 3.84. The van der Waals surface area contributed by atoms with E-state index in [0.717, 1.165) is 17.2 Å². The molecule has 1 aromatic heterocycles. The lowest BCUT2D eigenvalue weighted by Crippen LogP contribution is -1.97. The normalized spacial score (nSPS) is 9.53. The molecule has 0 bridgehead atoms. The zero-order valence-electron chi connectivity index (χ0n) is 10.8. The van der Waals surface area contributed by atoms with Gasteiger partial charge in [0.05, 0.1) is 24.4 Å². The Morgan fingerprint density at radius 1 is 1.26 bits per heavy atom. The quantitative estimate of drug-likeness (QED) is 0.878. The molecule has 0 saturated heterocycles. The van der Waals surface area contributed by atoms with Gasteiger partial charge in [0.2, 0.25) is 0 Å². The number of aromatic nitrogens is 1. The summed E-state index contributed by atoms with van der Waals surface area (Å²) in [7, 11) is 3.39. The summed E-state index contributed by atoms with van der Waals surface area (Å²) in [6.45, 7) is 0. The Balaban J connectivity index is 2.30. The van der Waals surface area contributed by atoms with Crippen LogP contribution in [-0.2, 0) is 0 Å². The van der Waals surface area contributed by atoms with Crippen molar-refractivity contribution in [2.45, 2.75) is 0 Å². The molecular weight excluding hydrogens is 240 g/mol. The molecule has 0 saturated carbocycles. The van der Waals surface area contributed by atoms with E-state index in [1.807, 2.05) is 25.2 Å². The second-order valence-corrected chi connectivity index (χ2v) is 3.83. The molecule has 2 aromatic rings. The summed E-state index contributed by atoms with van der Waals surface area (Å²) in [5.74, 6) is 1.40. The highest BCUT2D eigenvalue weighted by Crippen LogP contribution is 2.28. The first-order valence-electron chi connectivity index (χ1n) is 5.76. The van der Waals surface area contributed by atoms with Gasteiger partial charge in [0.15, 0.2) is 0 Å². The number of pyridine rings is 1. The van der Waals surface area contributed by atoms with Crippen molar-refractivity contribution < 1.29 is 4.74 Å². The van der Waals surface area contributed by atoms with E-state index in [2.05, 4.69) is 21.7 Å². The number of nitrogens with one attached hydrogen (secondary N) is 2. The standard InChI is InChI=1S/C14H14N4O/c1-16-14-8-11(5-6-17-14)18-12-4-3-10(9-15)7-13(12)19-2/h3-8H,1-2H3,(H2,16,17,18). The van der Waals surface area contributed by atoms with Crippen LogP contribution in [0, 0.1) is 11.3 Å². The Labute approximate surface area is 111 Å². The van der Waals surface area contributed by atoms with Crippen LogP contribution in [0.5, 0.6) is 5.75 Å². The van der Waals surface area contributed by atoms with Crippen molar-refractivity contribution >= 4 is 17.2 Å². The Bertz CT molecular complexity index is 619. The summed E-state index contributed by atoms with van der Waals surface area (Å²) in [5.41, 5.74) is 2.25. The van der Waals surface area contributed by atoms with Gasteiger partial charge in [0.25, 0.3) is 0 Å². The van der Waals surface area contributed by atoms with Crippen LogP contribution in [0.1, 0.15) is 5.56 Å². The minimum atomic E-state index is 0.563. The largest absolute Gasteiger partial charge is 0.495 e. The molecule has 1 aromatic carbocycles. The van der Waals surface area contributed by atoms with Gasteiger partial charge in [-0.2, -0.15) is 5.26 Å². The van der Waals surface area contributed by atoms with Crippen LogP contribution in [-0.4, -0.2) is 19.1 Å². The molecule has 5 nitrogen and oxygen atoms in total. The van der Waals surface area contributed by atoms with Crippen LogP contribution < -0.4 is 15.4 Å². The van der Waals surface area contributed by atoms with Gasteiger partial charge in [-0.25, -0.2) is 4.98 Å². The number of hydrogen-bond acceptors (Lipinski definition) is 5. The minimum absolute atomic E-state index is 0.563. The van der Waals surface area contributed by atoms with Gasteiger partial charge >= 0.3 is 0 Å². The average molecular weight is 254 g/mol. The predicted molar refractivity (Wildman–Crippen MR) is 74.8 cm³/mol. The van der Waals surface area contributed by atoms with Crippen molar-refractivity contribution in [1.82, 2.24) is 4.98 Å². The summed E-state index contributed by atoms with van der Waals surface area (Å²) in [6, 6.07) is 11.1. The lowest BCUT2D eigenvalue weighted by Gasteiger charge is -2.12. The fraction of sp³-hybridized carbons (Fsp3) is 0.143. The van der Waals surface area contributed by atoms with Gasteiger partial charge < -0.3 is 15.4 Å². The zero-order chi connectivity index (χ0) is 13.7. The summed E-state index contributed by atoms with van der Waals surface area (Å²) in [4.78, 5) is 4.14. The van der Waals surface area contributed by atoms with E-state index in [-0.39, 0.29) is 0 Å². The van der Waals surface area contributed by atoms with Crippen LogP contribution in [0.4, 0.5) is 17.2 Å². The molecule has 0 radical (unpaired) electrons. The highest BCUT2D eigenvalue weighted by molar-refractivity contribution is 5.68. The van der Waals surface area contributed by atoms with E-state index in [4.69, 9.17) is 10.00 Å². The smallest absolute Gasteiger partial charge is 0.143 e. The molecule has 0 aliphatic heterocycles. The second kappa shape index (κ2) is 5.74. The van der Waals surface area contributed by atoms with Crippen molar-refractivity contribution in [1.29, 1.82) is 5.26 Å². The molecule has 5 heteroatoms. The maximum atomic E-state index is 8.86. The van der Waals surface area contributed by atoms with Gasteiger partial charge in [0, 0.05) is 31.1 Å². The second-order valence-electron chi connectivity index (χ2n) is 3.83. The van der Waals surface area contributed by atoms with E-state index in [9.17, 15) is 0 Å². The third kappa shape index (κ3) is 2.93. The van der Waals surface area contributed by atoms with Crippen molar-refractivity contribution in [3.63, 3.8) is 0 Å². The number of hydrogen-bond donors (Lipinski definition) is 2. The third-order valence-electron chi connectivity index (χ3n) is 2.63. The molecule has 0 aliphatic carbocycles. The predicted octanol–water partition coefficient (Wildman–Crippen LogP) is 2.75. The molecule has 2 rings (SSSR count). The van der Waals surface area contributed by atoms with Crippen LogP contribution in [0.2, 0.25) is 0 Å². The topological polar surface area (TPSA) is 70.0 Å². The average Bonchev–Trinajstić information content (AvgIpc) is 2.48. The molecule has 0 amide bonds. The third-order valence-corrected chi connectivity index (χ3v) is 2.63. The Morgan fingerprint density at radius 3 is 2.79 bits per heavy atom. The van der Waals surface area contributed by atoms with Crippen molar-refractivity contribution in [3.05, 3.63) is 42.1 Å². The van der Waals surface area contributed by atoms with Gasteiger partial charge in [-0.05, 0) is 18.2 Å². The van der Waals surface area contributed by atoms with Gasteiger partial charge in [-0.1, -0.05) is 0 Å². The van der Waals surface area contributed by atoms with Crippen LogP contribution in [0.25, 0.3) is 0 Å². The highest BCUT2D eigenvalue weighted by Gasteiger charge is 2.05. The van der Waals surface area contributed by atoms with Crippen LogP contribution in [0.15, 0.2) is 36.5 Å². The van der Waals surface area contributed by atoms with Crippen molar-refractivity contribution in [3.8, 4) is 11.8 Å². The maximum Gasteiger partial charge on any atom is 0.143 e. The Hall–Kier alpha value is -2.74. The zero-order valence-corrected chi connectivity index (χ0v) is 10.8. The van der Waals surface area contributed by atoms with Gasteiger partial charge in [-0.15, -0.1) is 0 Å². The first-order valence-corrected chi connectivity index (χ1v) is 5.76. The number of benzene rings is 1. The highest BCUT2D eigenvalue weighted by atomic mass is 16.5. The fourth-order valence-corrected chi connectivity index (χ4v) is 1.66. The number of nitriles is 1. The number of nitrogens with zero attached hydrogens (tertiary/aromatic N) is 2. The summed E-state index contributed by atoms with van der Waals surface area (Å²) in [5, 5.41) is 15.1. The van der Waals surface area contributed by atoms with Gasteiger partial charge in [0.1, 0.15) is 11.6 Å². The summed E-state index contributed by atoms with van der Waals surface area (Å²) >= 11 is 0. The molecule has 0 aliphatic rings. The molecule has 19 heavy (non-hydrogen) atoms. The van der Waals surface area contributed by atoms with E-state index < -0.39 is 0 Å². The molecule has 2 N–H and O–H groups in total. The summed E-state index contributed by atoms with van der Waals surface area (Å²) < 4.78 is 5.27. The van der Waals surface area contributed by atoms with Crippen molar-refractivity contribution in [2.24, 2.45) is 0 Å². The van der Waals surface area contributed by atoms with Crippen LogP contribution >= 0.6 is 0 Å². The van der Waals surface area contributed by atoms with Gasteiger partial charge in [-0.3, -0.25) is 0 Å². The number of methoxy groups -OCH3 is 1. The molecule has 0 spiro atoms. The number of ether oxygens (including phenoxy) is 1. The van der Waals surface area contributed by atoms with E-state index in [1.165, 1.54) is 0 Å². The first kappa shape index (κ1) is 12.7. The van der Waals surface area contributed by atoms with Crippen molar-refractivity contribution in [2.75, 3.05) is 24.8 Å². The number of rotatable bonds is 4. The molecular formula is C14H14N4O.